The van der Waals surface area contributed by atoms with Crippen molar-refractivity contribution in [3.63, 3.8) is 0 Å². The minimum absolute atomic E-state index is 0.133. The topological polar surface area (TPSA) is 63.1 Å². The molecule has 0 bridgehead atoms. The molecule has 1 heterocycles. The molecule has 154 valence electrons. The predicted octanol–water partition coefficient (Wildman–Crippen LogP) is 5.29. The molecule has 2 N–H and O–H groups in total. The number of phenolic OH excluding ortho intramolecular Hbond substituents is 1. The molecule has 0 saturated heterocycles. The van der Waals surface area contributed by atoms with Crippen LogP contribution in [0.5, 0.6) is 17.2 Å². The van der Waals surface area contributed by atoms with Crippen LogP contribution in [-0.4, -0.2) is 25.0 Å². The van der Waals surface area contributed by atoms with Gasteiger partial charge in [-0.25, -0.2) is 0 Å². The molecule has 0 amide bonds. The van der Waals surface area contributed by atoms with Crippen LogP contribution in [0.25, 0.3) is 0 Å². The van der Waals surface area contributed by atoms with Crippen LogP contribution in [0.4, 0.5) is 0 Å². The fraction of sp³-hybridized carbons (Fsp3) is 0.208. The normalized spacial score (nSPS) is 18.6. The summed E-state index contributed by atoms with van der Waals surface area (Å²) in [5.74, 6) is 1.33. The highest BCUT2D eigenvalue weighted by molar-refractivity contribution is 6.30. The molecule has 0 aromatic heterocycles. The second-order valence-electron chi connectivity index (χ2n) is 7.05. The maximum atomic E-state index is 10.7. The van der Waals surface area contributed by atoms with Gasteiger partial charge >= 0.3 is 0 Å². The van der Waals surface area contributed by atoms with Gasteiger partial charge in [0.1, 0.15) is 11.9 Å². The number of aromatic hydroxyl groups is 1. The molecule has 2 unspecified atom stereocenters. The third kappa shape index (κ3) is 3.99. The highest BCUT2D eigenvalue weighted by Crippen LogP contribution is 2.39. The van der Waals surface area contributed by atoms with Crippen molar-refractivity contribution in [1.29, 1.82) is 0 Å². The number of hydrogen-bond acceptors (Lipinski definition) is 5. The minimum Gasteiger partial charge on any atom is -0.504 e. The van der Waals surface area contributed by atoms with E-state index >= 15 is 0 Å². The van der Waals surface area contributed by atoms with Crippen LogP contribution in [0.2, 0.25) is 5.02 Å². The molecule has 2 atom stereocenters. The number of nitrogens with zero attached hydrogens (tertiary/aromatic N) is 1. The first-order chi connectivity index (χ1) is 14.6. The maximum Gasteiger partial charge on any atom is 0.162 e. The number of phenols is 1. The summed E-state index contributed by atoms with van der Waals surface area (Å²) in [6.45, 7) is 0. The Kier molecular flexibility index (Phi) is 5.93. The van der Waals surface area contributed by atoms with Gasteiger partial charge in [0.2, 0.25) is 0 Å². The zero-order valence-electron chi connectivity index (χ0n) is 16.8. The lowest BCUT2D eigenvalue weighted by Crippen LogP contribution is -2.33. The molecule has 0 radical (unpaired) electrons. The fourth-order valence-corrected chi connectivity index (χ4v) is 3.89. The summed E-state index contributed by atoms with van der Waals surface area (Å²) in [6.07, 6.45) is 0.268. The van der Waals surface area contributed by atoms with Crippen LogP contribution >= 0.6 is 11.6 Å². The van der Waals surface area contributed by atoms with E-state index in [-0.39, 0.29) is 18.0 Å². The average molecular weight is 423 g/mol. The van der Waals surface area contributed by atoms with Crippen molar-refractivity contribution in [3.8, 4) is 17.2 Å². The van der Waals surface area contributed by atoms with E-state index in [9.17, 15) is 5.11 Å². The molecule has 1 aliphatic rings. The van der Waals surface area contributed by atoms with E-state index in [2.05, 4.69) is 5.32 Å². The number of halogens is 1. The van der Waals surface area contributed by atoms with E-state index in [1.807, 2.05) is 60.7 Å². The van der Waals surface area contributed by atoms with Crippen LogP contribution < -0.4 is 14.8 Å². The maximum absolute atomic E-state index is 10.7. The summed E-state index contributed by atoms with van der Waals surface area (Å²) in [5, 5.41) is 15.0. The SMILES string of the molecule is COc1ccccc1C1N=C(c2ccc(Cl)cc2)CC(c2cccc(OC)c2O)N1. The number of ether oxygens (including phenoxy) is 2. The van der Waals surface area contributed by atoms with E-state index in [1.165, 1.54) is 0 Å². The summed E-state index contributed by atoms with van der Waals surface area (Å²) < 4.78 is 10.9. The molecule has 0 spiro atoms. The first kappa shape index (κ1) is 20.3. The first-order valence-electron chi connectivity index (χ1n) is 9.68. The third-order valence-corrected chi connectivity index (χ3v) is 5.53. The monoisotopic (exact) mass is 422 g/mol. The van der Waals surface area contributed by atoms with Crippen molar-refractivity contribution in [1.82, 2.24) is 5.32 Å². The molecular weight excluding hydrogens is 400 g/mol. The smallest absolute Gasteiger partial charge is 0.162 e. The van der Waals surface area contributed by atoms with Crippen molar-refractivity contribution in [2.75, 3.05) is 14.2 Å². The van der Waals surface area contributed by atoms with E-state index in [0.29, 0.717) is 17.2 Å². The van der Waals surface area contributed by atoms with Gasteiger partial charge in [-0.2, -0.15) is 0 Å². The van der Waals surface area contributed by atoms with Gasteiger partial charge in [0, 0.05) is 34.3 Å². The third-order valence-electron chi connectivity index (χ3n) is 5.28. The number of hydrogen-bond donors (Lipinski definition) is 2. The quantitative estimate of drug-likeness (QED) is 0.586. The standard InChI is InChI=1S/C24H23ClN2O3/c1-29-21-8-4-3-6-18(21)24-26-19(15-10-12-16(25)13-11-15)14-20(27-24)17-7-5-9-22(30-2)23(17)28/h3-13,20,24,27-28H,14H2,1-2H3. The summed E-state index contributed by atoms with van der Waals surface area (Å²) >= 11 is 6.08. The molecule has 6 heteroatoms. The Labute approximate surface area is 180 Å². The molecule has 1 aliphatic heterocycles. The van der Waals surface area contributed by atoms with Gasteiger partial charge in [0.15, 0.2) is 11.5 Å². The summed E-state index contributed by atoms with van der Waals surface area (Å²) in [4.78, 5) is 4.98. The number of aliphatic imine (C=N–C) groups is 1. The highest BCUT2D eigenvalue weighted by atomic mass is 35.5. The number of benzene rings is 3. The molecule has 0 fully saturated rings. The molecular formula is C24H23ClN2O3. The molecule has 3 aromatic rings. The second kappa shape index (κ2) is 8.78. The van der Waals surface area contributed by atoms with Gasteiger partial charge in [-0.1, -0.05) is 54.1 Å². The molecule has 0 aliphatic carbocycles. The Morgan fingerprint density at radius 2 is 1.57 bits per heavy atom. The number of rotatable bonds is 5. The van der Waals surface area contributed by atoms with Crippen molar-refractivity contribution < 1.29 is 14.6 Å². The average Bonchev–Trinajstić information content (AvgIpc) is 2.79. The molecule has 3 aromatic carbocycles. The largest absolute Gasteiger partial charge is 0.504 e. The molecule has 5 nitrogen and oxygen atoms in total. The van der Waals surface area contributed by atoms with E-state index < -0.39 is 0 Å². The second-order valence-corrected chi connectivity index (χ2v) is 7.49. The highest BCUT2D eigenvalue weighted by Gasteiger charge is 2.29. The summed E-state index contributed by atoms with van der Waals surface area (Å²) in [6, 6.07) is 20.8. The van der Waals surface area contributed by atoms with E-state index in [1.54, 1.807) is 20.3 Å². The molecule has 4 rings (SSSR count). The van der Waals surface area contributed by atoms with Gasteiger partial charge in [-0.3, -0.25) is 10.3 Å². The molecule has 0 saturated carbocycles. The van der Waals surface area contributed by atoms with Crippen molar-refractivity contribution in [2.45, 2.75) is 18.6 Å². The van der Waals surface area contributed by atoms with Crippen molar-refractivity contribution in [3.05, 3.63) is 88.4 Å². The van der Waals surface area contributed by atoms with Gasteiger partial charge in [-0.15, -0.1) is 0 Å². The Hall–Kier alpha value is -3.02. The first-order valence-corrected chi connectivity index (χ1v) is 10.1. The Morgan fingerprint density at radius 3 is 2.30 bits per heavy atom. The van der Waals surface area contributed by atoms with Crippen LogP contribution in [0.3, 0.4) is 0 Å². The fourth-order valence-electron chi connectivity index (χ4n) is 3.76. The Morgan fingerprint density at radius 1 is 0.900 bits per heavy atom. The lowest BCUT2D eigenvalue weighted by atomic mass is 9.93. The number of nitrogens with one attached hydrogen (secondary N) is 1. The van der Waals surface area contributed by atoms with E-state index in [4.69, 9.17) is 26.1 Å². The molecule has 30 heavy (non-hydrogen) atoms. The summed E-state index contributed by atoms with van der Waals surface area (Å²) in [5.41, 5.74) is 3.61. The zero-order chi connectivity index (χ0) is 21.1. The van der Waals surface area contributed by atoms with E-state index in [0.717, 1.165) is 28.2 Å². The van der Waals surface area contributed by atoms with Crippen LogP contribution in [0.1, 0.15) is 35.3 Å². The predicted molar refractivity (Wildman–Crippen MR) is 119 cm³/mol. The van der Waals surface area contributed by atoms with Crippen LogP contribution in [-0.2, 0) is 0 Å². The lowest BCUT2D eigenvalue weighted by molar-refractivity contribution is 0.357. The van der Waals surface area contributed by atoms with Crippen molar-refractivity contribution in [2.24, 2.45) is 4.99 Å². The number of para-hydroxylation sites is 2. The van der Waals surface area contributed by atoms with Crippen LogP contribution in [0, 0.1) is 0 Å². The zero-order valence-corrected chi connectivity index (χ0v) is 17.6. The number of methoxy groups -OCH3 is 2. The Bertz CT molecular complexity index is 1070. The summed E-state index contributed by atoms with van der Waals surface area (Å²) in [7, 11) is 3.20. The Balaban J connectivity index is 1.79. The van der Waals surface area contributed by atoms with Crippen LogP contribution in [0.15, 0.2) is 71.7 Å². The van der Waals surface area contributed by atoms with Gasteiger partial charge in [0.25, 0.3) is 0 Å². The van der Waals surface area contributed by atoms with Crippen molar-refractivity contribution >= 4 is 17.3 Å². The lowest BCUT2D eigenvalue weighted by Gasteiger charge is -2.31. The van der Waals surface area contributed by atoms with Gasteiger partial charge in [0.05, 0.1) is 14.2 Å². The van der Waals surface area contributed by atoms with Gasteiger partial charge < -0.3 is 14.6 Å². The van der Waals surface area contributed by atoms with Gasteiger partial charge in [-0.05, 0) is 29.8 Å². The minimum atomic E-state index is -0.337.